The van der Waals surface area contributed by atoms with Crippen LogP contribution in [-0.2, 0) is 19.6 Å². The Kier molecular flexibility index (Phi) is 4.11. The maximum absolute atomic E-state index is 12.1. The zero-order valence-electron chi connectivity index (χ0n) is 10.7. The quantitative estimate of drug-likeness (QED) is 0.819. The third kappa shape index (κ3) is 2.84. The largest absolute Gasteiger partial charge is 0.481 e. The van der Waals surface area contributed by atoms with Crippen LogP contribution in [-0.4, -0.2) is 61.3 Å². The number of sulfonamides is 1. The number of hydrogen-bond donors (Lipinski definition) is 1. The number of thiophene rings is 1. The van der Waals surface area contributed by atoms with Crippen molar-refractivity contribution in [3.63, 3.8) is 0 Å². The lowest BCUT2D eigenvalue weighted by Gasteiger charge is -2.37. The highest BCUT2D eigenvalue weighted by Crippen LogP contribution is 2.21. The van der Waals surface area contributed by atoms with Crippen molar-refractivity contribution in [2.45, 2.75) is 4.21 Å². The molecule has 1 aliphatic rings. The van der Waals surface area contributed by atoms with Gasteiger partial charge in [-0.25, -0.2) is 8.42 Å². The van der Waals surface area contributed by atoms with Gasteiger partial charge in [-0.1, -0.05) is 6.07 Å². The van der Waals surface area contributed by atoms with Crippen LogP contribution in [0.4, 0.5) is 0 Å². The number of carboxylic acids is 1. The van der Waals surface area contributed by atoms with Crippen LogP contribution in [0, 0.1) is 5.92 Å². The average molecular weight is 318 g/mol. The Morgan fingerprint density at radius 2 is 2.15 bits per heavy atom. The number of hydrogen-bond acceptors (Lipinski definition) is 5. The highest BCUT2D eigenvalue weighted by molar-refractivity contribution is 7.91. The molecule has 9 heteroatoms. The van der Waals surface area contributed by atoms with E-state index in [4.69, 9.17) is 5.11 Å². The van der Waals surface area contributed by atoms with Crippen LogP contribution in [0.5, 0.6) is 0 Å². The molecule has 0 aliphatic carbocycles. The smallest absolute Gasteiger partial charge is 0.310 e. The molecule has 20 heavy (non-hydrogen) atoms. The average Bonchev–Trinajstić information content (AvgIpc) is 2.79. The maximum atomic E-state index is 12.1. The lowest BCUT2D eigenvalue weighted by atomic mass is 10.0. The van der Waals surface area contributed by atoms with Gasteiger partial charge in [-0.05, 0) is 11.4 Å². The van der Waals surface area contributed by atoms with E-state index in [0.717, 1.165) is 15.6 Å². The first-order chi connectivity index (χ1) is 9.32. The van der Waals surface area contributed by atoms with E-state index in [9.17, 15) is 18.0 Å². The van der Waals surface area contributed by atoms with Gasteiger partial charge in [-0.15, -0.1) is 11.3 Å². The van der Waals surface area contributed by atoms with Crippen LogP contribution >= 0.6 is 11.3 Å². The zero-order chi connectivity index (χ0) is 14.9. The fraction of sp³-hybridized carbons (Fsp3) is 0.455. The molecule has 0 unspecified atom stereocenters. The van der Waals surface area contributed by atoms with Gasteiger partial charge < -0.3 is 10.0 Å². The Morgan fingerprint density at radius 1 is 1.50 bits per heavy atom. The maximum Gasteiger partial charge on any atom is 0.310 e. The van der Waals surface area contributed by atoms with Crippen LogP contribution in [0.15, 0.2) is 21.7 Å². The van der Waals surface area contributed by atoms with Crippen molar-refractivity contribution in [3.05, 3.63) is 17.5 Å². The molecular weight excluding hydrogens is 304 g/mol. The summed E-state index contributed by atoms with van der Waals surface area (Å²) >= 11 is 1.09. The van der Waals surface area contributed by atoms with Gasteiger partial charge >= 0.3 is 5.97 Å². The number of nitrogens with zero attached hydrogens (tertiary/aromatic N) is 2. The first-order valence-electron chi connectivity index (χ1n) is 5.83. The Bertz CT molecular complexity index is 605. The first-order valence-corrected chi connectivity index (χ1v) is 8.14. The van der Waals surface area contributed by atoms with Gasteiger partial charge in [0.15, 0.2) is 0 Å². The van der Waals surface area contributed by atoms with Crippen molar-refractivity contribution in [1.29, 1.82) is 0 Å². The third-order valence-electron chi connectivity index (χ3n) is 3.10. The summed E-state index contributed by atoms with van der Waals surface area (Å²) in [5.74, 6) is -1.86. The summed E-state index contributed by atoms with van der Waals surface area (Å²) in [4.78, 5) is 23.8. The second-order valence-electron chi connectivity index (χ2n) is 4.53. The second kappa shape index (κ2) is 5.51. The number of rotatable bonds is 5. The summed E-state index contributed by atoms with van der Waals surface area (Å²) in [7, 11) is -2.32. The predicted octanol–water partition coefficient (Wildman–Crippen LogP) is -0.0884. The van der Waals surface area contributed by atoms with E-state index in [2.05, 4.69) is 0 Å². The number of carbonyl (C=O) groups is 2. The van der Waals surface area contributed by atoms with Crippen molar-refractivity contribution >= 4 is 33.2 Å². The van der Waals surface area contributed by atoms with E-state index < -0.39 is 21.9 Å². The zero-order valence-corrected chi connectivity index (χ0v) is 12.4. The molecule has 0 aromatic carbocycles. The molecule has 1 N–H and O–H groups in total. The molecule has 1 aromatic rings. The molecule has 0 spiro atoms. The molecule has 0 atom stereocenters. The van der Waals surface area contributed by atoms with E-state index >= 15 is 0 Å². The molecular formula is C11H14N2O5S2. The Labute approximate surface area is 120 Å². The number of amides is 1. The number of aliphatic carboxylic acids is 1. The van der Waals surface area contributed by atoms with Gasteiger partial charge in [0.25, 0.3) is 10.0 Å². The molecule has 0 bridgehead atoms. The van der Waals surface area contributed by atoms with Gasteiger partial charge in [0.1, 0.15) is 4.21 Å². The molecule has 1 fully saturated rings. The summed E-state index contributed by atoms with van der Waals surface area (Å²) in [6.07, 6.45) is 0. The molecule has 1 saturated heterocycles. The summed E-state index contributed by atoms with van der Waals surface area (Å²) in [6, 6.07) is 3.10. The highest BCUT2D eigenvalue weighted by Gasteiger charge is 2.36. The van der Waals surface area contributed by atoms with Crippen molar-refractivity contribution in [3.8, 4) is 0 Å². The van der Waals surface area contributed by atoms with Crippen molar-refractivity contribution in [1.82, 2.24) is 9.21 Å². The molecule has 110 valence electrons. The Hall–Kier alpha value is -1.45. The van der Waals surface area contributed by atoms with E-state index in [1.807, 2.05) is 0 Å². The number of likely N-dealkylation sites (N-methyl/N-ethyl adjacent to an activating group) is 1. The SMILES string of the molecule is CN(CC(=O)N1CC(C(=O)O)C1)S(=O)(=O)c1cccs1. The number of likely N-dealkylation sites (tertiary alicyclic amines) is 1. The van der Waals surface area contributed by atoms with Gasteiger partial charge in [0.05, 0.1) is 12.5 Å². The minimum absolute atomic E-state index is 0.140. The van der Waals surface area contributed by atoms with Gasteiger partial charge in [-0.3, -0.25) is 9.59 Å². The van der Waals surface area contributed by atoms with Crippen molar-refractivity contribution < 1.29 is 23.1 Å². The standard InChI is InChI=1S/C11H14N2O5S2/c1-12(20(17,18)10-3-2-4-19-10)7-9(14)13-5-8(6-13)11(15)16/h2-4,8H,5-7H2,1H3,(H,15,16). The predicted molar refractivity (Wildman–Crippen MR) is 71.8 cm³/mol. The van der Waals surface area contributed by atoms with Crippen LogP contribution in [0.3, 0.4) is 0 Å². The Balaban J connectivity index is 1.94. The highest BCUT2D eigenvalue weighted by atomic mass is 32.2. The number of carbonyl (C=O) groups excluding carboxylic acids is 1. The molecule has 2 rings (SSSR count). The molecule has 0 radical (unpaired) electrons. The summed E-state index contributed by atoms with van der Waals surface area (Å²) in [6.45, 7) is -0.00527. The fourth-order valence-corrected chi connectivity index (χ4v) is 4.10. The monoisotopic (exact) mass is 318 g/mol. The molecule has 1 amide bonds. The van der Waals surface area contributed by atoms with Gasteiger partial charge in [0.2, 0.25) is 5.91 Å². The van der Waals surface area contributed by atoms with Crippen LogP contribution in [0.25, 0.3) is 0 Å². The van der Waals surface area contributed by atoms with E-state index in [0.29, 0.717) is 0 Å². The Morgan fingerprint density at radius 3 is 2.65 bits per heavy atom. The minimum atomic E-state index is -3.65. The fourth-order valence-electron chi connectivity index (χ4n) is 1.78. The van der Waals surface area contributed by atoms with Crippen LogP contribution < -0.4 is 0 Å². The van der Waals surface area contributed by atoms with Gasteiger partial charge in [0, 0.05) is 20.1 Å². The minimum Gasteiger partial charge on any atom is -0.481 e. The lowest BCUT2D eigenvalue weighted by molar-refractivity contribution is -0.152. The van der Waals surface area contributed by atoms with Gasteiger partial charge in [-0.2, -0.15) is 4.31 Å². The third-order valence-corrected chi connectivity index (χ3v) is 6.28. The van der Waals surface area contributed by atoms with Crippen LogP contribution in [0.1, 0.15) is 0 Å². The molecule has 0 saturated carbocycles. The molecule has 1 aliphatic heterocycles. The second-order valence-corrected chi connectivity index (χ2v) is 7.75. The van der Waals surface area contributed by atoms with Crippen molar-refractivity contribution in [2.24, 2.45) is 5.92 Å². The molecule has 1 aromatic heterocycles. The van der Waals surface area contributed by atoms with Crippen molar-refractivity contribution in [2.75, 3.05) is 26.7 Å². The first kappa shape index (κ1) is 14.9. The lowest BCUT2D eigenvalue weighted by Crippen LogP contribution is -2.55. The summed E-state index contributed by atoms with van der Waals surface area (Å²) in [5, 5.41) is 10.4. The normalized spacial score (nSPS) is 16.2. The topological polar surface area (TPSA) is 95.0 Å². The molecule has 7 nitrogen and oxygen atoms in total. The van der Waals surface area contributed by atoms with Crippen LogP contribution in [0.2, 0.25) is 0 Å². The van der Waals surface area contributed by atoms with E-state index in [-0.39, 0.29) is 29.8 Å². The summed E-state index contributed by atoms with van der Waals surface area (Å²) in [5.41, 5.74) is 0. The van der Waals surface area contributed by atoms with E-state index in [1.54, 1.807) is 11.4 Å². The summed E-state index contributed by atoms with van der Waals surface area (Å²) < 4.78 is 25.4. The number of carboxylic acid groups (broad SMARTS) is 1. The van der Waals surface area contributed by atoms with E-state index in [1.165, 1.54) is 18.0 Å². The molecule has 2 heterocycles.